The number of nitrogens with zero attached hydrogens (tertiary/aromatic N) is 4. The van der Waals surface area contributed by atoms with E-state index in [-0.39, 0.29) is 6.42 Å². The van der Waals surface area contributed by atoms with Crippen LogP contribution in [0.5, 0.6) is 0 Å². The summed E-state index contributed by atoms with van der Waals surface area (Å²) in [5, 5.41) is 17.4. The van der Waals surface area contributed by atoms with Gasteiger partial charge in [0.25, 0.3) is 0 Å². The molecule has 1 aromatic heterocycles. The van der Waals surface area contributed by atoms with Gasteiger partial charge < -0.3 is 10.0 Å². The van der Waals surface area contributed by atoms with Crippen molar-refractivity contribution in [2.75, 3.05) is 18.0 Å². The normalized spacial score (nSPS) is 18.9. The largest absolute Gasteiger partial charge is 0.481 e. The van der Waals surface area contributed by atoms with Gasteiger partial charge in [-0.15, -0.1) is 0 Å². The zero-order chi connectivity index (χ0) is 13.7. The smallest absolute Gasteiger partial charge is 0.303 e. The molecule has 1 unspecified atom stereocenters. The lowest BCUT2D eigenvalue weighted by molar-refractivity contribution is -0.137. The van der Waals surface area contributed by atoms with E-state index in [2.05, 4.69) is 14.9 Å². The molecule has 0 spiro atoms. The molecular formula is C13H16N4O2. The highest BCUT2D eigenvalue weighted by Gasteiger charge is 2.21. The molecule has 0 bridgehead atoms. The maximum absolute atomic E-state index is 10.6. The molecule has 19 heavy (non-hydrogen) atoms. The molecule has 2 rings (SSSR count). The molecular weight excluding hydrogens is 244 g/mol. The summed E-state index contributed by atoms with van der Waals surface area (Å²) in [7, 11) is 0. The lowest BCUT2D eigenvalue weighted by atomic mass is 9.93. The fourth-order valence-electron chi connectivity index (χ4n) is 2.38. The molecule has 1 saturated heterocycles. The van der Waals surface area contributed by atoms with Crippen LogP contribution in [0.1, 0.15) is 31.4 Å². The van der Waals surface area contributed by atoms with Crippen LogP contribution in [-0.2, 0) is 4.79 Å². The van der Waals surface area contributed by atoms with Crippen LogP contribution >= 0.6 is 0 Å². The second-order valence-electron chi connectivity index (χ2n) is 4.76. The number of aliphatic carboxylic acids is 1. The first-order chi connectivity index (χ1) is 9.19. The van der Waals surface area contributed by atoms with E-state index in [0.29, 0.717) is 18.0 Å². The van der Waals surface area contributed by atoms with Crippen molar-refractivity contribution >= 4 is 11.8 Å². The minimum absolute atomic E-state index is 0.220. The number of carboxylic acids is 1. The Balaban J connectivity index is 1.96. The number of carbonyl (C=O) groups is 1. The van der Waals surface area contributed by atoms with E-state index in [1.165, 1.54) is 6.20 Å². The van der Waals surface area contributed by atoms with E-state index < -0.39 is 5.97 Å². The Hall–Kier alpha value is -2.16. The van der Waals surface area contributed by atoms with Crippen molar-refractivity contribution in [1.29, 1.82) is 5.26 Å². The van der Waals surface area contributed by atoms with Crippen LogP contribution < -0.4 is 4.90 Å². The SMILES string of the molecule is N#Cc1cnc(N2CCCC(CCC(=O)O)C2)cn1. The average molecular weight is 260 g/mol. The molecule has 1 aliphatic rings. The highest BCUT2D eigenvalue weighted by molar-refractivity contribution is 5.66. The van der Waals surface area contributed by atoms with Crippen LogP contribution in [0.4, 0.5) is 5.82 Å². The van der Waals surface area contributed by atoms with Crippen molar-refractivity contribution in [2.45, 2.75) is 25.7 Å². The van der Waals surface area contributed by atoms with Crippen LogP contribution in [0, 0.1) is 17.2 Å². The van der Waals surface area contributed by atoms with Gasteiger partial charge in [0.15, 0.2) is 5.69 Å². The highest BCUT2D eigenvalue weighted by atomic mass is 16.4. The Labute approximate surface area is 111 Å². The maximum Gasteiger partial charge on any atom is 0.303 e. The van der Waals surface area contributed by atoms with E-state index in [9.17, 15) is 4.79 Å². The van der Waals surface area contributed by atoms with Gasteiger partial charge in [0.05, 0.1) is 12.4 Å². The molecule has 0 saturated carbocycles. The van der Waals surface area contributed by atoms with Crippen LogP contribution in [0.25, 0.3) is 0 Å². The lowest BCUT2D eigenvalue weighted by Crippen LogP contribution is -2.36. The van der Waals surface area contributed by atoms with Gasteiger partial charge in [0.2, 0.25) is 0 Å². The summed E-state index contributed by atoms with van der Waals surface area (Å²) in [5.41, 5.74) is 0.309. The standard InChI is InChI=1S/C13H16N4O2/c14-6-11-7-16-12(8-15-11)17-5-1-2-10(9-17)3-4-13(18)19/h7-8,10H,1-5,9H2,(H,18,19). The summed E-state index contributed by atoms with van der Waals surface area (Å²) in [5.74, 6) is 0.414. The number of hydrogen-bond acceptors (Lipinski definition) is 5. The Kier molecular flexibility index (Phi) is 4.29. The Morgan fingerprint density at radius 2 is 2.37 bits per heavy atom. The first kappa shape index (κ1) is 13.3. The molecule has 0 aliphatic carbocycles. The second-order valence-corrected chi connectivity index (χ2v) is 4.76. The van der Waals surface area contributed by atoms with E-state index in [4.69, 9.17) is 10.4 Å². The quantitative estimate of drug-likeness (QED) is 0.880. The van der Waals surface area contributed by atoms with Gasteiger partial charge in [-0.25, -0.2) is 9.97 Å². The van der Waals surface area contributed by atoms with Crippen LogP contribution in [0.2, 0.25) is 0 Å². The molecule has 2 heterocycles. The average Bonchev–Trinajstić information content (AvgIpc) is 2.45. The lowest BCUT2D eigenvalue weighted by Gasteiger charge is -2.33. The summed E-state index contributed by atoms with van der Waals surface area (Å²) in [4.78, 5) is 21.0. The third kappa shape index (κ3) is 3.65. The van der Waals surface area contributed by atoms with E-state index in [0.717, 1.165) is 31.7 Å². The summed E-state index contributed by atoms with van der Waals surface area (Å²) in [6, 6.07) is 1.94. The topological polar surface area (TPSA) is 90.1 Å². The number of piperidine rings is 1. The predicted octanol–water partition coefficient (Wildman–Crippen LogP) is 1.43. The molecule has 6 heteroatoms. The van der Waals surface area contributed by atoms with Gasteiger partial charge in [-0.05, 0) is 25.2 Å². The van der Waals surface area contributed by atoms with Gasteiger partial charge in [-0.1, -0.05) is 0 Å². The highest BCUT2D eigenvalue weighted by Crippen LogP contribution is 2.24. The first-order valence-corrected chi connectivity index (χ1v) is 6.38. The van der Waals surface area contributed by atoms with Crippen LogP contribution in [0.15, 0.2) is 12.4 Å². The third-order valence-corrected chi connectivity index (χ3v) is 3.36. The number of aromatic nitrogens is 2. The second kappa shape index (κ2) is 6.14. The number of nitriles is 1. The van der Waals surface area contributed by atoms with Gasteiger partial charge >= 0.3 is 5.97 Å². The van der Waals surface area contributed by atoms with Crippen molar-refractivity contribution in [3.8, 4) is 6.07 Å². The Morgan fingerprint density at radius 1 is 1.53 bits per heavy atom. The monoisotopic (exact) mass is 260 g/mol. The number of anilines is 1. The summed E-state index contributed by atoms with van der Waals surface area (Å²) in [6.45, 7) is 1.72. The zero-order valence-corrected chi connectivity index (χ0v) is 10.6. The van der Waals surface area contributed by atoms with Gasteiger partial charge in [-0.2, -0.15) is 5.26 Å². The van der Waals surface area contributed by atoms with Crippen molar-refractivity contribution in [3.05, 3.63) is 18.1 Å². The van der Waals surface area contributed by atoms with Crippen molar-refractivity contribution in [2.24, 2.45) is 5.92 Å². The van der Waals surface area contributed by atoms with Gasteiger partial charge in [0.1, 0.15) is 11.9 Å². The summed E-state index contributed by atoms with van der Waals surface area (Å²) in [6.07, 6.45) is 6.10. The number of rotatable bonds is 4. The molecule has 6 nitrogen and oxygen atoms in total. The molecule has 1 fully saturated rings. The van der Waals surface area contributed by atoms with E-state index in [1.54, 1.807) is 6.20 Å². The summed E-state index contributed by atoms with van der Waals surface area (Å²) < 4.78 is 0. The van der Waals surface area contributed by atoms with E-state index in [1.807, 2.05) is 6.07 Å². The molecule has 0 amide bonds. The van der Waals surface area contributed by atoms with Crippen LogP contribution in [0.3, 0.4) is 0 Å². The predicted molar refractivity (Wildman–Crippen MR) is 68.6 cm³/mol. The summed E-state index contributed by atoms with van der Waals surface area (Å²) >= 11 is 0. The van der Waals surface area contributed by atoms with Gasteiger partial charge in [-0.3, -0.25) is 4.79 Å². The molecule has 100 valence electrons. The first-order valence-electron chi connectivity index (χ1n) is 6.38. The maximum atomic E-state index is 10.6. The molecule has 0 aromatic carbocycles. The van der Waals surface area contributed by atoms with Crippen LogP contribution in [-0.4, -0.2) is 34.1 Å². The fourth-order valence-corrected chi connectivity index (χ4v) is 2.38. The minimum Gasteiger partial charge on any atom is -0.481 e. The number of carboxylic acid groups (broad SMARTS) is 1. The fraction of sp³-hybridized carbons (Fsp3) is 0.538. The third-order valence-electron chi connectivity index (χ3n) is 3.36. The van der Waals surface area contributed by atoms with Crippen molar-refractivity contribution < 1.29 is 9.90 Å². The van der Waals surface area contributed by atoms with E-state index >= 15 is 0 Å². The van der Waals surface area contributed by atoms with Crippen molar-refractivity contribution in [3.63, 3.8) is 0 Å². The molecule has 1 atom stereocenters. The molecule has 1 aliphatic heterocycles. The Bertz CT molecular complexity index is 480. The number of hydrogen-bond donors (Lipinski definition) is 1. The molecule has 1 N–H and O–H groups in total. The molecule has 0 radical (unpaired) electrons. The van der Waals surface area contributed by atoms with Gasteiger partial charge in [0, 0.05) is 19.5 Å². The zero-order valence-electron chi connectivity index (χ0n) is 10.6. The molecule has 1 aromatic rings. The minimum atomic E-state index is -0.740. The van der Waals surface area contributed by atoms with Crippen molar-refractivity contribution in [1.82, 2.24) is 9.97 Å². The Morgan fingerprint density at radius 3 is 3.00 bits per heavy atom.